The van der Waals surface area contributed by atoms with Gasteiger partial charge in [0.2, 0.25) is 0 Å². The van der Waals surface area contributed by atoms with E-state index < -0.39 is 10.9 Å². The van der Waals surface area contributed by atoms with Gasteiger partial charge in [-0.2, -0.15) is 0 Å². The van der Waals surface area contributed by atoms with Crippen LogP contribution in [0.15, 0.2) is 52.5 Å². The number of benzene rings is 1. The zero-order chi connectivity index (χ0) is 16.9. The smallest absolute Gasteiger partial charge is 0.310 e. The van der Waals surface area contributed by atoms with Crippen LogP contribution >= 0.6 is 11.3 Å². The van der Waals surface area contributed by atoms with Crippen molar-refractivity contribution in [3.8, 4) is 10.8 Å². The third-order valence-electron chi connectivity index (χ3n) is 3.19. The summed E-state index contributed by atoms with van der Waals surface area (Å²) < 4.78 is 10.4. The van der Waals surface area contributed by atoms with Gasteiger partial charge in [0.1, 0.15) is 6.61 Å². The number of nitrogens with zero attached hydrogens (tertiary/aromatic N) is 2. The van der Waals surface area contributed by atoms with Gasteiger partial charge in [-0.05, 0) is 12.1 Å². The largest absolute Gasteiger partial charge is 0.462 e. The zero-order valence-corrected chi connectivity index (χ0v) is 13.2. The summed E-state index contributed by atoms with van der Waals surface area (Å²) in [6.45, 7) is 0.0106. The maximum absolute atomic E-state index is 11.9. The summed E-state index contributed by atoms with van der Waals surface area (Å²) in [6.07, 6.45) is 1.40. The van der Waals surface area contributed by atoms with Crippen LogP contribution in [-0.2, 0) is 22.6 Å². The van der Waals surface area contributed by atoms with E-state index in [0.29, 0.717) is 22.0 Å². The van der Waals surface area contributed by atoms with Crippen LogP contribution in [0, 0.1) is 10.1 Å². The van der Waals surface area contributed by atoms with Crippen LogP contribution in [0.3, 0.4) is 0 Å². The molecule has 0 N–H and O–H groups in total. The number of nitro benzene ring substituents is 1. The highest BCUT2D eigenvalue weighted by atomic mass is 32.1. The number of para-hydroxylation sites is 1. The number of hydrogen-bond donors (Lipinski definition) is 0. The van der Waals surface area contributed by atoms with E-state index in [0.717, 1.165) is 0 Å². The fourth-order valence-electron chi connectivity index (χ4n) is 2.09. The highest BCUT2D eigenvalue weighted by Crippen LogP contribution is 2.24. The third-order valence-corrected chi connectivity index (χ3v) is 4.09. The summed E-state index contributed by atoms with van der Waals surface area (Å²) in [4.78, 5) is 26.6. The van der Waals surface area contributed by atoms with Gasteiger partial charge in [-0.15, -0.1) is 11.3 Å². The molecule has 0 bridgehead atoms. The van der Waals surface area contributed by atoms with E-state index in [1.54, 1.807) is 35.9 Å². The molecule has 0 saturated carbocycles. The molecule has 0 fully saturated rings. The van der Waals surface area contributed by atoms with Gasteiger partial charge < -0.3 is 9.15 Å². The van der Waals surface area contributed by atoms with Crippen LogP contribution in [0.4, 0.5) is 5.69 Å². The minimum absolute atomic E-state index is 0.0106. The van der Waals surface area contributed by atoms with E-state index >= 15 is 0 Å². The molecule has 0 aliphatic carbocycles. The summed E-state index contributed by atoms with van der Waals surface area (Å²) in [6, 6.07) is 9.66. The van der Waals surface area contributed by atoms with Crippen molar-refractivity contribution in [3.63, 3.8) is 0 Å². The van der Waals surface area contributed by atoms with Gasteiger partial charge in [0.05, 0.1) is 23.3 Å². The fraction of sp³-hybridized carbons (Fsp3) is 0.125. The van der Waals surface area contributed by atoms with Gasteiger partial charge in [-0.3, -0.25) is 14.9 Å². The lowest BCUT2D eigenvalue weighted by Crippen LogP contribution is -2.09. The highest BCUT2D eigenvalue weighted by molar-refractivity contribution is 7.13. The van der Waals surface area contributed by atoms with Crippen molar-refractivity contribution >= 4 is 23.0 Å². The molecule has 0 amide bonds. The van der Waals surface area contributed by atoms with Gasteiger partial charge >= 0.3 is 5.97 Å². The Balaban J connectivity index is 1.59. The average Bonchev–Trinajstić information content (AvgIpc) is 3.24. The number of thiazole rings is 1. The Morgan fingerprint density at radius 1 is 1.29 bits per heavy atom. The van der Waals surface area contributed by atoms with Crippen molar-refractivity contribution in [1.82, 2.24) is 4.98 Å². The van der Waals surface area contributed by atoms with Gasteiger partial charge in [0.15, 0.2) is 10.8 Å². The Bertz CT molecular complexity index is 857. The number of carbonyl (C=O) groups excluding carboxylic acids is 1. The van der Waals surface area contributed by atoms with E-state index in [1.165, 1.54) is 23.5 Å². The first-order valence-corrected chi connectivity index (χ1v) is 7.87. The van der Waals surface area contributed by atoms with Gasteiger partial charge in [-0.25, -0.2) is 4.98 Å². The number of nitro groups is 1. The predicted molar refractivity (Wildman–Crippen MR) is 86.4 cm³/mol. The molecule has 2 heterocycles. The Kier molecular flexibility index (Phi) is 4.66. The number of furan rings is 1. The zero-order valence-electron chi connectivity index (χ0n) is 12.4. The summed E-state index contributed by atoms with van der Waals surface area (Å²) >= 11 is 1.38. The molecule has 7 nitrogen and oxygen atoms in total. The van der Waals surface area contributed by atoms with E-state index in [9.17, 15) is 14.9 Å². The summed E-state index contributed by atoms with van der Waals surface area (Å²) in [5, 5.41) is 13.4. The van der Waals surface area contributed by atoms with Crippen molar-refractivity contribution in [2.75, 3.05) is 0 Å². The normalized spacial score (nSPS) is 10.5. The van der Waals surface area contributed by atoms with Crippen LogP contribution < -0.4 is 0 Å². The lowest BCUT2D eigenvalue weighted by molar-refractivity contribution is -0.385. The van der Waals surface area contributed by atoms with Gasteiger partial charge in [0.25, 0.3) is 5.69 Å². The Morgan fingerprint density at radius 2 is 2.12 bits per heavy atom. The first-order valence-electron chi connectivity index (χ1n) is 6.99. The second kappa shape index (κ2) is 7.05. The van der Waals surface area contributed by atoms with Crippen LogP contribution in [0.25, 0.3) is 10.8 Å². The van der Waals surface area contributed by atoms with Crippen molar-refractivity contribution in [2.24, 2.45) is 0 Å². The van der Waals surface area contributed by atoms with Crippen molar-refractivity contribution < 1.29 is 18.9 Å². The molecule has 24 heavy (non-hydrogen) atoms. The van der Waals surface area contributed by atoms with Crippen LogP contribution in [-0.4, -0.2) is 15.9 Å². The number of aromatic nitrogens is 1. The van der Waals surface area contributed by atoms with Crippen molar-refractivity contribution in [3.05, 3.63) is 69.4 Å². The van der Waals surface area contributed by atoms with Crippen LogP contribution in [0.1, 0.15) is 11.3 Å². The fourth-order valence-corrected chi connectivity index (χ4v) is 2.86. The number of rotatable bonds is 6. The molecule has 0 radical (unpaired) electrons. The number of ether oxygens (including phenoxy) is 1. The summed E-state index contributed by atoms with van der Waals surface area (Å²) in [5.41, 5.74) is 0.826. The van der Waals surface area contributed by atoms with E-state index in [-0.39, 0.29) is 18.7 Å². The molecule has 0 atom stereocenters. The number of carbonyl (C=O) groups is 1. The molecular weight excluding hydrogens is 332 g/mol. The maximum atomic E-state index is 11.9. The molecule has 3 rings (SSSR count). The molecule has 0 unspecified atom stereocenters. The lowest BCUT2D eigenvalue weighted by atomic mass is 10.1. The topological polar surface area (TPSA) is 95.5 Å². The van der Waals surface area contributed by atoms with E-state index in [4.69, 9.17) is 9.15 Å². The first kappa shape index (κ1) is 15.9. The van der Waals surface area contributed by atoms with E-state index in [2.05, 4.69) is 4.98 Å². The van der Waals surface area contributed by atoms with E-state index in [1.807, 2.05) is 0 Å². The van der Waals surface area contributed by atoms with Gasteiger partial charge in [-0.1, -0.05) is 18.2 Å². The Morgan fingerprint density at radius 3 is 2.88 bits per heavy atom. The molecule has 0 aliphatic rings. The lowest BCUT2D eigenvalue weighted by Gasteiger charge is -2.04. The molecule has 3 aromatic rings. The second-order valence-electron chi connectivity index (χ2n) is 4.84. The molecule has 122 valence electrons. The Hall–Kier alpha value is -3.00. The molecule has 0 saturated heterocycles. The maximum Gasteiger partial charge on any atom is 0.310 e. The van der Waals surface area contributed by atoms with Crippen molar-refractivity contribution in [2.45, 2.75) is 13.0 Å². The Labute approximate surface area is 140 Å². The summed E-state index contributed by atoms with van der Waals surface area (Å²) in [7, 11) is 0. The molecule has 8 heteroatoms. The molecule has 0 spiro atoms. The minimum Gasteiger partial charge on any atom is -0.462 e. The minimum atomic E-state index is -0.545. The SMILES string of the molecule is O=C(Cc1ccccc1[N+](=O)[O-])OCc1csc(-c2ccco2)n1. The monoisotopic (exact) mass is 344 g/mol. The van der Waals surface area contributed by atoms with Gasteiger partial charge in [0, 0.05) is 17.0 Å². The number of esters is 1. The molecular formula is C16H12N2O5S. The second-order valence-corrected chi connectivity index (χ2v) is 5.70. The molecule has 1 aromatic carbocycles. The highest BCUT2D eigenvalue weighted by Gasteiger charge is 2.16. The average molecular weight is 344 g/mol. The first-order chi connectivity index (χ1) is 11.6. The standard InChI is InChI=1S/C16H12N2O5S/c19-15(8-11-4-1-2-5-13(11)18(20)21)23-9-12-10-24-16(17-12)14-6-3-7-22-14/h1-7,10H,8-9H2. The molecule has 0 aliphatic heterocycles. The van der Waals surface area contributed by atoms with Crippen LogP contribution in [0.2, 0.25) is 0 Å². The van der Waals surface area contributed by atoms with Crippen molar-refractivity contribution in [1.29, 1.82) is 0 Å². The third kappa shape index (κ3) is 3.66. The predicted octanol–water partition coefficient (Wildman–Crippen LogP) is 3.60. The quantitative estimate of drug-likeness (QED) is 0.385. The molecule has 2 aromatic heterocycles. The number of hydrogen-bond acceptors (Lipinski definition) is 7. The van der Waals surface area contributed by atoms with Crippen LogP contribution in [0.5, 0.6) is 0 Å². The summed E-state index contributed by atoms with van der Waals surface area (Å²) in [5.74, 6) is 0.106.